The minimum atomic E-state index is -0.524. The van der Waals surface area contributed by atoms with E-state index in [-0.39, 0.29) is 18.8 Å². The van der Waals surface area contributed by atoms with Crippen LogP contribution in [0.2, 0.25) is 0 Å². The van der Waals surface area contributed by atoms with Crippen LogP contribution >= 0.6 is 11.3 Å². The molecule has 0 atom stereocenters. The van der Waals surface area contributed by atoms with E-state index in [1.54, 1.807) is 35.8 Å². The highest BCUT2D eigenvalue weighted by Gasteiger charge is 2.13. The predicted octanol–water partition coefficient (Wildman–Crippen LogP) is 1.52. The first-order valence-corrected chi connectivity index (χ1v) is 8.13. The Morgan fingerprint density at radius 3 is 3.04 bits per heavy atom. The molecule has 8 heteroatoms. The van der Waals surface area contributed by atoms with Crippen molar-refractivity contribution < 1.29 is 14.6 Å². The average Bonchev–Trinajstić information content (AvgIpc) is 3.07. The third-order valence-electron chi connectivity index (χ3n) is 3.28. The highest BCUT2D eigenvalue weighted by Crippen LogP contribution is 2.16. The number of nitrogens with one attached hydrogen (secondary N) is 1. The second-order valence-electron chi connectivity index (χ2n) is 4.91. The zero-order valence-corrected chi connectivity index (χ0v) is 13.5. The predicted molar refractivity (Wildman–Crippen MR) is 90.5 cm³/mol. The molecule has 0 fully saturated rings. The van der Waals surface area contributed by atoms with E-state index in [0.717, 1.165) is 0 Å². The number of rotatable bonds is 6. The van der Waals surface area contributed by atoms with Crippen LogP contribution in [-0.4, -0.2) is 33.6 Å². The van der Waals surface area contributed by atoms with Gasteiger partial charge >= 0.3 is 5.97 Å². The van der Waals surface area contributed by atoms with E-state index in [1.165, 1.54) is 21.8 Å². The Morgan fingerprint density at radius 2 is 2.21 bits per heavy atom. The lowest BCUT2D eigenvalue weighted by Crippen LogP contribution is -2.15. The number of aromatic nitrogens is 2. The van der Waals surface area contributed by atoms with E-state index >= 15 is 0 Å². The quantitative estimate of drug-likeness (QED) is 0.658. The number of thiazole rings is 1. The average molecular weight is 345 g/mol. The van der Waals surface area contributed by atoms with Crippen molar-refractivity contribution in [2.75, 3.05) is 18.5 Å². The Balaban J connectivity index is 1.74. The molecule has 24 heavy (non-hydrogen) atoms. The van der Waals surface area contributed by atoms with Gasteiger partial charge in [-0.15, -0.1) is 11.3 Å². The molecule has 0 aliphatic carbocycles. The van der Waals surface area contributed by atoms with Crippen molar-refractivity contribution >= 4 is 28.0 Å². The normalized spacial score (nSPS) is 10.7. The second-order valence-corrected chi connectivity index (χ2v) is 5.79. The van der Waals surface area contributed by atoms with E-state index in [1.807, 2.05) is 0 Å². The molecule has 1 aromatic carbocycles. The number of fused-ring (bicyclic) bond motifs is 1. The maximum absolute atomic E-state index is 12.3. The second kappa shape index (κ2) is 7.24. The van der Waals surface area contributed by atoms with Crippen LogP contribution in [0.25, 0.3) is 4.96 Å². The van der Waals surface area contributed by atoms with E-state index in [9.17, 15) is 9.59 Å². The van der Waals surface area contributed by atoms with Gasteiger partial charge in [0.2, 0.25) is 0 Å². The van der Waals surface area contributed by atoms with Crippen LogP contribution in [0.1, 0.15) is 16.1 Å². The largest absolute Gasteiger partial charge is 0.456 e. The van der Waals surface area contributed by atoms with Gasteiger partial charge < -0.3 is 15.2 Å². The first kappa shape index (κ1) is 16.2. The van der Waals surface area contributed by atoms with Crippen molar-refractivity contribution in [1.29, 1.82) is 0 Å². The fourth-order valence-electron chi connectivity index (χ4n) is 2.18. The summed E-state index contributed by atoms with van der Waals surface area (Å²) in [6, 6.07) is 8.22. The summed E-state index contributed by atoms with van der Waals surface area (Å²) in [5.74, 6) is -0.524. The molecular formula is C16H15N3O4S. The third-order valence-corrected chi connectivity index (χ3v) is 4.04. The molecule has 3 rings (SSSR count). The van der Waals surface area contributed by atoms with E-state index in [2.05, 4.69) is 10.3 Å². The van der Waals surface area contributed by atoms with Crippen molar-refractivity contribution in [3.63, 3.8) is 0 Å². The number of ether oxygens (including phenoxy) is 1. The highest BCUT2D eigenvalue weighted by molar-refractivity contribution is 7.15. The molecule has 0 saturated heterocycles. The zero-order chi connectivity index (χ0) is 16.9. The summed E-state index contributed by atoms with van der Waals surface area (Å²) in [7, 11) is 0. The number of aliphatic hydroxyl groups excluding tert-OH is 1. The first-order valence-electron chi connectivity index (χ1n) is 7.25. The Kier molecular flexibility index (Phi) is 4.88. The lowest BCUT2D eigenvalue weighted by molar-refractivity contribution is 0.0469. The SMILES string of the molecule is O=C(OCc1cc(=O)n2ccsc2n1)c1ccccc1NCCO. The monoisotopic (exact) mass is 345 g/mol. The number of aliphatic hydroxyl groups is 1. The molecule has 0 amide bonds. The van der Waals surface area contributed by atoms with Gasteiger partial charge in [-0.3, -0.25) is 9.20 Å². The van der Waals surface area contributed by atoms with Gasteiger partial charge in [0.05, 0.1) is 17.9 Å². The number of carbonyl (C=O) groups excluding carboxylic acids is 1. The van der Waals surface area contributed by atoms with Crippen LogP contribution in [0.4, 0.5) is 5.69 Å². The molecule has 124 valence electrons. The van der Waals surface area contributed by atoms with Gasteiger partial charge in [0.25, 0.3) is 5.56 Å². The Labute approximate surface area is 141 Å². The van der Waals surface area contributed by atoms with Crippen molar-refractivity contribution in [3.8, 4) is 0 Å². The summed E-state index contributed by atoms with van der Waals surface area (Å²) < 4.78 is 6.70. The maximum atomic E-state index is 12.3. The highest BCUT2D eigenvalue weighted by atomic mass is 32.1. The van der Waals surface area contributed by atoms with Crippen LogP contribution in [0.5, 0.6) is 0 Å². The van der Waals surface area contributed by atoms with Crippen molar-refractivity contribution in [2.24, 2.45) is 0 Å². The Bertz CT molecular complexity index is 919. The minimum Gasteiger partial charge on any atom is -0.456 e. The van der Waals surface area contributed by atoms with E-state index in [0.29, 0.717) is 28.5 Å². The number of para-hydroxylation sites is 1. The summed E-state index contributed by atoms with van der Waals surface area (Å²) in [6.45, 7) is 0.201. The van der Waals surface area contributed by atoms with Crippen LogP contribution in [0, 0.1) is 0 Å². The lowest BCUT2D eigenvalue weighted by atomic mass is 10.2. The third kappa shape index (κ3) is 3.44. The van der Waals surface area contributed by atoms with E-state index in [4.69, 9.17) is 9.84 Å². The van der Waals surface area contributed by atoms with E-state index < -0.39 is 5.97 Å². The first-order chi connectivity index (χ1) is 11.7. The van der Waals surface area contributed by atoms with Gasteiger partial charge in [-0.05, 0) is 12.1 Å². The maximum Gasteiger partial charge on any atom is 0.340 e. The van der Waals surface area contributed by atoms with Gasteiger partial charge in [0, 0.05) is 29.9 Å². The summed E-state index contributed by atoms with van der Waals surface area (Å²) in [6.07, 6.45) is 1.65. The van der Waals surface area contributed by atoms with Crippen molar-refractivity contribution in [2.45, 2.75) is 6.61 Å². The van der Waals surface area contributed by atoms with Gasteiger partial charge in [-0.2, -0.15) is 0 Å². The summed E-state index contributed by atoms with van der Waals surface area (Å²) in [5.41, 5.74) is 1.13. The number of nitrogens with zero attached hydrogens (tertiary/aromatic N) is 2. The van der Waals surface area contributed by atoms with Crippen LogP contribution in [0.15, 0.2) is 46.7 Å². The Morgan fingerprint density at radius 1 is 1.38 bits per heavy atom. The molecule has 0 aliphatic rings. The van der Waals surface area contributed by atoms with Crippen molar-refractivity contribution in [1.82, 2.24) is 9.38 Å². The topological polar surface area (TPSA) is 92.9 Å². The molecule has 0 bridgehead atoms. The van der Waals surface area contributed by atoms with Crippen LogP contribution < -0.4 is 10.9 Å². The molecular weight excluding hydrogens is 330 g/mol. The molecule has 2 aromatic heterocycles. The standard InChI is InChI=1S/C16H15N3O4S/c20-7-5-17-13-4-2-1-3-12(13)15(22)23-10-11-9-14(21)19-6-8-24-16(19)18-11/h1-4,6,8-9,17,20H,5,7,10H2. The van der Waals surface area contributed by atoms with Gasteiger partial charge in [-0.1, -0.05) is 12.1 Å². The fraction of sp³-hybridized carbons (Fsp3) is 0.188. The number of anilines is 1. The molecule has 3 aromatic rings. The number of carbonyl (C=O) groups is 1. The molecule has 0 spiro atoms. The number of hydrogen-bond acceptors (Lipinski definition) is 7. The minimum absolute atomic E-state index is 0.0436. The molecule has 2 N–H and O–H groups in total. The van der Waals surface area contributed by atoms with Gasteiger partial charge in [-0.25, -0.2) is 9.78 Å². The summed E-state index contributed by atoms with van der Waals surface area (Å²) in [5, 5.41) is 13.6. The van der Waals surface area contributed by atoms with Gasteiger partial charge in [0.1, 0.15) is 6.61 Å². The van der Waals surface area contributed by atoms with Gasteiger partial charge in [0.15, 0.2) is 4.96 Å². The van der Waals surface area contributed by atoms with Crippen LogP contribution in [0.3, 0.4) is 0 Å². The molecule has 7 nitrogen and oxygen atoms in total. The van der Waals surface area contributed by atoms with Crippen molar-refractivity contribution in [3.05, 3.63) is 63.5 Å². The smallest absolute Gasteiger partial charge is 0.340 e. The number of esters is 1. The summed E-state index contributed by atoms with van der Waals surface area (Å²) in [4.78, 5) is 29.0. The lowest BCUT2D eigenvalue weighted by Gasteiger charge is -2.10. The molecule has 0 radical (unpaired) electrons. The molecule has 0 saturated carbocycles. The Hall–Kier alpha value is -2.71. The fourth-order valence-corrected chi connectivity index (χ4v) is 2.92. The molecule has 0 aliphatic heterocycles. The molecule has 0 unspecified atom stereocenters. The number of benzene rings is 1. The molecule has 2 heterocycles. The zero-order valence-electron chi connectivity index (χ0n) is 12.6. The van der Waals surface area contributed by atoms with Crippen LogP contribution in [-0.2, 0) is 11.3 Å². The summed E-state index contributed by atoms with van der Waals surface area (Å²) >= 11 is 1.34. The number of hydrogen-bond donors (Lipinski definition) is 2.